The normalized spacial score (nSPS) is 18.3. The molecule has 1 N–H and O–H groups in total. The van der Waals surface area contributed by atoms with Crippen LogP contribution in [-0.4, -0.2) is 22.7 Å². The summed E-state index contributed by atoms with van der Waals surface area (Å²) in [7, 11) is 0. The van der Waals surface area contributed by atoms with E-state index in [1.807, 2.05) is 18.2 Å². The molecule has 130 valence electrons. The maximum atomic E-state index is 12.5. The Hall–Kier alpha value is -2.63. The predicted molar refractivity (Wildman–Crippen MR) is 92.0 cm³/mol. The van der Waals surface area contributed by atoms with Gasteiger partial charge in [-0.25, -0.2) is 0 Å². The van der Waals surface area contributed by atoms with Gasteiger partial charge in [-0.2, -0.15) is 4.98 Å². The number of amides is 1. The molecule has 0 unspecified atom stereocenters. The number of rotatable bonds is 4. The fourth-order valence-electron chi connectivity index (χ4n) is 3.64. The van der Waals surface area contributed by atoms with E-state index in [0.29, 0.717) is 11.7 Å². The maximum Gasteiger partial charge on any atom is 0.244 e. The Balaban J connectivity index is 1.49. The summed E-state index contributed by atoms with van der Waals surface area (Å²) >= 11 is 0. The predicted octanol–water partition coefficient (Wildman–Crippen LogP) is 2.91. The Morgan fingerprint density at radius 3 is 2.92 bits per heavy atom. The summed E-state index contributed by atoms with van der Waals surface area (Å²) in [6.45, 7) is 2.49. The molecule has 0 atom stereocenters. The summed E-state index contributed by atoms with van der Waals surface area (Å²) < 4.78 is 10.6. The number of ether oxygens (including phenoxy) is 1. The van der Waals surface area contributed by atoms with Crippen LogP contribution in [0.3, 0.4) is 0 Å². The van der Waals surface area contributed by atoms with Crippen molar-refractivity contribution in [2.75, 3.05) is 6.61 Å². The number of benzene rings is 1. The molecular weight excluding hydrogens is 318 g/mol. The number of carbonyl (C=O) groups excluding carboxylic acids is 1. The van der Waals surface area contributed by atoms with Gasteiger partial charge in [0, 0.05) is 19.4 Å². The molecule has 1 aliphatic heterocycles. The van der Waals surface area contributed by atoms with Gasteiger partial charge in [-0.1, -0.05) is 24.1 Å². The van der Waals surface area contributed by atoms with E-state index in [4.69, 9.17) is 9.26 Å². The fourth-order valence-corrected chi connectivity index (χ4v) is 3.64. The van der Waals surface area contributed by atoms with E-state index < -0.39 is 5.54 Å². The first-order valence-electron chi connectivity index (χ1n) is 8.71. The van der Waals surface area contributed by atoms with Gasteiger partial charge in [0.15, 0.2) is 5.82 Å². The number of nitrogens with zero attached hydrogens (tertiary/aromatic N) is 2. The molecule has 1 aliphatic carbocycles. The smallest absolute Gasteiger partial charge is 0.244 e. The SMILES string of the molecule is Cc1nc(C2(NC(=O)/C=C/c3ccc4c(c3)CCO4)CCCC2)no1. The van der Waals surface area contributed by atoms with Crippen LogP contribution in [-0.2, 0) is 16.8 Å². The fraction of sp³-hybridized carbons (Fsp3) is 0.421. The van der Waals surface area contributed by atoms with Crippen molar-refractivity contribution in [1.29, 1.82) is 0 Å². The molecule has 1 aromatic carbocycles. The van der Waals surface area contributed by atoms with Gasteiger partial charge in [-0.05, 0) is 42.2 Å². The highest BCUT2D eigenvalue weighted by Crippen LogP contribution is 2.37. The van der Waals surface area contributed by atoms with Gasteiger partial charge < -0.3 is 14.6 Å². The monoisotopic (exact) mass is 339 g/mol. The molecule has 0 bridgehead atoms. The van der Waals surface area contributed by atoms with Gasteiger partial charge in [-0.3, -0.25) is 4.79 Å². The van der Waals surface area contributed by atoms with Crippen molar-refractivity contribution in [3.05, 3.63) is 47.1 Å². The Labute approximate surface area is 146 Å². The standard InChI is InChI=1S/C19H21N3O3/c1-13-20-18(22-25-13)19(9-2-3-10-19)21-17(23)7-5-14-4-6-16-15(12-14)8-11-24-16/h4-7,12H,2-3,8-11H2,1H3,(H,21,23)/b7-5+. The van der Waals surface area contributed by atoms with Crippen LogP contribution in [0.2, 0.25) is 0 Å². The van der Waals surface area contributed by atoms with Crippen LogP contribution in [0.4, 0.5) is 0 Å². The minimum absolute atomic E-state index is 0.138. The second-order valence-corrected chi connectivity index (χ2v) is 6.71. The van der Waals surface area contributed by atoms with E-state index in [9.17, 15) is 4.79 Å². The zero-order chi connectivity index (χ0) is 17.3. The molecule has 1 fully saturated rings. The summed E-state index contributed by atoms with van der Waals surface area (Å²) in [5, 5.41) is 7.15. The highest BCUT2D eigenvalue weighted by atomic mass is 16.5. The average Bonchev–Trinajstić information content (AvgIpc) is 3.33. The molecule has 0 radical (unpaired) electrons. The molecule has 6 nitrogen and oxygen atoms in total. The van der Waals surface area contributed by atoms with E-state index in [0.717, 1.165) is 50.0 Å². The second-order valence-electron chi connectivity index (χ2n) is 6.71. The summed E-state index contributed by atoms with van der Waals surface area (Å²) in [5.41, 5.74) is 1.68. The Kier molecular flexibility index (Phi) is 4.03. The lowest BCUT2D eigenvalue weighted by atomic mass is 9.96. The summed E-state index contributed by atoms with van der Waals surface area (Å²) in [6, 6.07) is 5.99. The minimum Gasteiger partial charge on any atom is -0.493 e. The first-order valence-corrected chi connectivity index (χ1v) is 8.71. The number of hydrogen-bond donors (Lipinski definition) is 1. The maximum absolute atomic E-state index is 12.5. The summed E-state index contributed by atoms with van der Waals surface area (Å²) in [6.07, 6.45) is 8.08. The third-order valence-corrected chi connectivity index (χ3v) is 4.92. The lowest BCUT2D eigenvalue weighted by molar-refractivity contribution is -0.118. The van der Waals surface area contributed by atoms with E-state index in [2.05, 4.69) is 21.5 Å². The van der Waals surface area contributed by atoms with Crippen molar-refractivity contribution in [1.82, 2.24) is 15.5 Å². The number of aryl methyl sites for hydroxylation is 1. The molecular formula is C19H21N3O3. The highest BCUT2D eigenvalue weighted by Gasteiger charge is 2.40. The molecule has 1 aromatic heterocycles. The van der Waals surface area contributed by atoms with Gasteiger partial charge in [-0.15, -0.1) is 0 Å². The van der Waals surface area contributed by atoms with Gasteiger partial charge in [0.25, 0.3) is 0 Å². The zero-order valence-corrected chi connectivity index (χ0v) is 14.2. The van der Waals surface area contributed by atoms with Crippen LogP contribution in [0.1, 0.15) is 48.5 Å². The van der Waals surface area contributed by atoms with Gasteiger partial charge in [0.05, 0.1) is 6.61 Å². The van der Waals surface area contributed by atoms with E-state index in [1.165, 1.54) is 5.56 Å². The van der Waals surface area contributed by atoms with Crippen molar-refractivity contribution < 1.29 is 14.1 Å². The van der Waals surface area contributed by atoms with E-state index >= 15 is 0 Å². The van der Waals surface area contributed by atoms with Crippen LogP contribution >= 0.6 is 0 Å². The molecule has 2 heterocycles. The Bertz CT molecular complexity index is 819. The molecule has 1 amide bonds. The highest BCUT2D eigenvalue weighted by molar-refractivity contribution is 5.92. The summed E-state index contributed by atoms with van der Waals surface area (Å²) in [4.78, 5) is 16.8. The Morgan fingerprint density at radius 2 is 2.16 bits per heavy atom. The molecule has 4 rings (SSSR count). The van der Waals surface area contributed by atoms with Crippen molar-refractivity contribution in [3.63, 3.8) is 0 Å². The number of fused-ring (bicyclic) bond motifs is 1. The number of aromatic nitrogens is 2. The van der Waals surface area contributed by atoms with Gasteiger partial charge >= 0.3 is 0 Å². The lowest BCUT2D eigenvalue weighted by Crippen LogP contribution is -2.44. The number of carbonyl (C=O) groups is 1. The van der Waals surface area contributed by atoms with E-state index in [-0.39, 0.29) is 5.91 Å². The molecule has 6 heteroatoms. The molecule has 1 saturated carbocycles. The summed E-state index contributed by atoms with van der Waals surface area (Å²) in [5.74, 6) is 1.91. The van der Waals surface area contributed by atoms with Crippen LogP contribution in [0, 0.1) is 6.92 Å². The van der Waals surface area contributed by atoms with Crippen molar-refractivity contribution in [2.24, 2.45) is 0 Å². The van der Waals surface area contributed by atoms with Crippen LogP contribution in [0.5, 0.6) is 5.75 Å². The number of hydrogen-bond acceptors (Lipinski definition) is 5. The largest absolute Gasteiger partial charge is 0.493 e. The third-order valence-electron chi connectivity index (χ3n) is 4.92. The molecule has 0 saturated heterocycles. The second kappa shape index (κ2) is 6.35. The quantitative estimate of drug-likeness (QED) is 0.867. The first-order chi connectivity index (χ1) is 12.1. The van der Waals surface area contributed by atoms with Crippen molar-refractivity contribution >= 4 is 12.0 Å². The number of nitrogens with one attached hydrogen (secondary N) is 1. The van der Waals surface area contributed by atoms with Gasteiger partial charge in [0.2, 0.25) is 11.8 Å². The topological polar surface area (TPSA) is 77.2 Å². The minimum atomic E-state index is -0.509. The van der Waals surface area contributed by atoms with E-state index in [1.54, 1.807) is 13.0 Å². The van der Waals surface area contributed by atoms with Crippen molar-refractivity contribution in [3.8, 4) is 5.75 Å². The third kappa shape index (κ3) is 3.16. The molecule has 0 spiro atoms. The molecule has 2 aromatic rings. The first kappa shape index (κ1) is 15.9. The lowest BCUT2D eigenvalue weighted by Gasteiger charge is -2.25. The van der Waals surface area contributed by atoms with Crippen LogP contribution in [0.15, 0.2) is 28.8 Å². The zero-order valence-electron chi connectivity index (χ0n) is 14.2. The van der Waals surface area contributed by atoms with Gasteiger partial charge in [0.1, 0.15) is 11.3 Å². The van der Waals surface area contributed by atoms with Crippen LogP contribution < -0.4 is 10.1 Å². The molecule has 2 aliphatic rings. The average molecular weight is 339 g/mol. The van der Waals surface area contributed by atoms with Crippen molar-refractivity contribution in [2.45, 2.75) is 44.6 Å². The Morgan fingerprint density at radius 1 is 1.32 bits per heavy atom. The van der Waals surface area contributed by atoms with Crippen LogP contribution in [0.25, 0.3) is 6.08 Å². The molecule has 25 heavy (non-hydrogen) atoms.